The van der Waals surface area contributed by atoms with E-state index in [0.29, 0.717) is 28.2 Å². The number of anilines is 3. The van der Waals surface area contributed by atoms with E-state index in [9.17, 15) is 14.0 Å². The molecule has 1 aliphatic rings. The Morgan fingerprint density at radius 2 is 2.03 bits per heavy atom. The van der Waals surface area contributed by atoms with Gasteiger partial charge in [-0.05, 0) is 44.5 Å². The largest absolute Gasteiger partial charge is 0.473 e. The zero-order valence-electron chi connectivity index (χ0n) is 21.5. The van der Waals surface area contributed by atoms with Crippen molar-refractivity contribution in [2.24, 2.45) is 0 Å². The molecule has 0 spiro atoms. The molecule has 1 aromatic carbocycles. The zero-order chi connectivity index (χ0) is 27.7. The summed E-state index contributed by atoms with van der Waals surface area (Å²) in [5.74, 6) is -0.145. The third kappa shape index (κ3) is 5.37. The van der Waals surface area contributed by atoms with Crippen LogP contribution < -0.4 is 26.4 Å². The van der Waals surface area contributed by atoms with Gasteiger partial charge in [0.1, 0.15) is 29.1 Å². The minimum Gasteiger partial charge on any atom is -0.473 e. The van der Waals surface area contributed by atoms with E-state index in [2.05, 4.69) is 31.0 Å². The number of nitrogens with two attached hydrogens (primary N) is 1. The van der Waals surface area contributed by atoms with Crippen molar-refractivity contribution in [1.82, 2.24) is 24.9 Å². The summed E-state index contributed by atoms with van der Waals surface area (Å²) in [4.78, 5) is 33.7. The quantitative estimate of drug-likeness (QED) is 0.308. The first kappa shape index (κ1) is 25.7. The first-order chi connectivity index (χ1) is 18.7. The number of nitrogens with one attached hydrogen (secondary N) is 3. The molecule has 1 atom stereocenters. The number of hydrogen-bond donors (Lipinski definition) is 4. The number of carbonyl (C=O) groups excluding carboxylic acids is 2. The molecule has 0 saturated heterocycles. The van der Waals surface area contributed by atoms with E-state index >= 15 is 0 Å². The lowest BCUT2D eigenvalue weighted by Crippen LogP contribution is -2.33. The highest BCUT2D eigenvalue weighted by Crippen LogP contribution is 2.35. The van der Waals surface area contributed by atoms with Gasteiger partial charge in [0, 0.05) is 17.8 Å². The van der Waals surface area contributed by atoms with Crippen molar-refractivity contribution in [3.05, 3.63) is 59.7 Å². The fraction of sp³-hybridized carbons (Fsp3) is 0.269. The van der Waals surface area contributed by atoms with E-state index in [1.54, 1.807) is 45.0 Å². The second-order valence-corrected chi connectivity index (χ2v) is 9.28. The molecule has 0 fully saturated rings. The molecule has 12 nitrogen and oxygen atoms in total. The normalized spacial score (nSPS) is 15.3. The van der Waals surface area contributed by atoms with Gasteiger partial charge in [-0.2, -0.15) is 9.61 Å². The van der Waals surface area contributed by atoms with Crippen LogP contribution in [0.15, 0.2) is 42.7 Å². The predicted molar refractivity (Wildman–Crippen MR) is 142 cm³/mol. The van der Waals surface area contributed by atoms with E-state index in [1.165, 1.54) is 16.8 Å². The van der Waals surface area contributed by atoms with Gasteiger partial charge in [-0.15, -0.1) is 0 Å². The highest BCUT2D eigenvalue weighted by Gasteiger charge is 2.23. The molecule has 4 aromatic rings. The van der Waals surface area contributed by atoms with Crippen LogP contribution in [0.25, 0.3) is 16.8 Å². The maximum Gasteiger partial charge on any atom is 0.411 e. The number of fused-ring (bicyclic) bond motifs is 2. The molecule has 0 aliphatic carbocycles. The Kier molecular flexibility index (Phi) is 6.88. The number of benzene rings is 1. The lowest BCUT2D eigenvalue weighted by molar-refractivity contribution is 0.0932. The lowest BCUT2D eigenvalue weighted by atomic mass is 10.1. The Morgan fingerprint density at radius 1 is 1.26 bits per heavy atom. The highest BCUT2D eigenvalue weighted by atomic mass is 19.1. The Labute approximate surface area is 222 Å². The molecule has 0 saturated carbocycles. The number of nitrogen functional groups attached to an aromatic ring is 1. The topological polar surface area (TPSA) is 158 Å². The molecule has 5 N–H and O–H groups in total. The first-order valence-corrected chi connectivity index (χ1v) is 12.3. The third-order valence-electron chi connectivity index (χ3n) is 5.89. The maximum absolute atomic E-state index is 14.1. The summed E-state index contributed by atoms with van der Waals surface area (Å²) in [6.45, 7) is 5.56. The average Bonchev–Trinajstić information content (AvgIpc) is 3.31. The summed E-state index contributed by atoms with van der Waals surface area (Å²) < 4.78 is 26.5. The third-order valence-corrected chi connectivity index (χ3v) is 5.89. The van der Waals surface area contributed by atoms with E-state index < -0.39 is 23.9 Å². The van der Waals surface area contributed by atoms with Gasteiger partial charge in [0.05, 0.1) is 30.6 Å². The minimum atomic E-state index is -0.571. The molecule has 0 unspecified atom stereocenters. The van der Waals surface area contributed by atoms with Gasteiger partial charge < -0.3 is 25.8 Å². The van der Waals surface area contributed by atoms with Crippen LogP contribution in [0, 0.1) is 5.82 Å². The number of ether oxygens (including phenoxy) is 2. The number of aromatic nitrogens is 4. The summed E-state index contributed by atoms with van der Waals surface area (Å²) >= 11 is 0. The molecule has 5 rings (SSSR count). The molecular formula is C26H27FN8O4. The number of rotatable bonds is 3. The van der Waals surface area contributed by atoms with Crippen molar-refractivity contribution in [2.75, 3.05) is 22.9 Å². The smallest absolute Gasteiger partial charge is 0.411 e. The van der Waals surface area contributed by atoms with E-state index in [4.69, 9.17) is 15.2 Å². The number of halogens is 1. The number of amides is 2. The molecule has 2 bridgehead atoms. The molecular weight excluding hydrogens is 507 g/mol. The monoisotopic (exact) mass is 534 g/mol. The van der Waals surface area contributed by atoms with Gasteiger partial charge in [0.15, 0.2) is 5.65 Å². The minimum absolute atomic E-state index is 0.105. The standard InChI is InChI=1S/C26H27FN8O4/c1-13(2)38-26(37)33-18-6-4-15(5-7-18)20-21(28)35-23-19(12-32-35)24(36)30-9-14(3)39-25-16(8-17(27)11-31-25)10-29-22(20)34-23/h4-8,11-14H,9-10,28H2,1-3H3,(H,29,34)(H,30,36)(H,33,37)/t14-/m0/s1. The van der Waals surface area contributed by atoms with Gasteiger partial charge in [0.2, 0.25) is 5.88 Å². The Balaban J connectivity index is 1.58. The van der Waals surface area contributed by atoms with Crippen molar-refractivity contribution >= 4 is 35.0 Å². The fourth-order valence-corrected chi connectivity index (χ4v) is 4.11. The van der Waals surface area contributed by atoms with Gasteiger partial charge in [-0.3, -0.25) is 10.1 Å². The molecule has 39 heavy (non-hydrogen) atoms. The van der Waals surface area contributed by atoms with E-state index in [1.807, 2.05) is 0 Å². The van der Waals surface area contributed by atoms with Crippen LogP contribution in [-0.2, 0) is 11.3 Å². The number of nitrogens with zero attached hydrogens (tertiary/aromatic N) is 4. The molecule has 4 heterocycles. The summed E-state index contributed by atoms with van der Waals surface area (Å²) in [6.07, 6.45) is 1.19. The van der Waals surface area contributed by atoms with Crippen LogP contribution in [0.4, 0.5) is 26.5 Å². The second-order valence-electron chi connectivity index (χ2n) is 9.28. The van der Waals surface area contributed by atoms with Crippen LogP contribution in [0.2, 0.25) is 0 Å². The molecule has 0 radical (unpaired) electrons. The Bertz CT molecular complexity index is 1550. The van der Waals surface area contributed by atoms with Crippen LogP contribution in [0.1, 0.15) is 36.7 Å². The van der Waals surface area contributed by atoms with Gasteiger partial charge in [0.25, 0.3) is 5.91 Å². The van der Waals surface area contributed by atoms with Crippen molar-refractivity contribution in [2.45, 2.75) is 39.5 Å². The maximum atomic E-state index is 14.1. The number of pyridine rings is 1. The van der Waals surface area contributed by atoms with Crippen molar-refractivity contribution in [1.29, 1.82) is 0 Å². The molecule has 2 amide bonds. The number of carbonyl (C=O) groups is 2. The highest BCUT2D eigenvalue weighted by molar-refractivity contribution is 6.01. The molecule has 202 valence electrons. The second kappa shape index (κ2) is 10.4. The Hall–Kier alpha value is -4.94. The van der Waals surface area contributed by atoms with Gasteiger partial charge >= 0.3 is 6.09 Å². The van der Waals surface area contributed by atoms with Crippen molar-refractivity contribution < 1.29 is 23.5 Å². The van der Waals surface area contributed by atoms with Crippen molar-refractivity contribution in [3.63, 3.8) is 0 Å². The number of hydrogen-bond acceptors (Lipinski definition) is 9. The summed E-state index contributed by atoms with van der Waals surface area (Å²) in [5.41, 5.74) is 9.16. The zero-order valence-corrected chi connectivity index (χ0v) is 21.5. The van der Waals surface area contributed by atoms with Crippen molar-refractivity contribution in [3.8, 4) is 17.0 Å². The van der Waals surface area contributed by atoms with Crippen LogP contribution in [0.3, 0.4) is 0 Å². The van der Waals surface area contributed by atoms with Crippen LogP contribution in [0.5, 0.6) is 5.88 Å². The summed E-state index contributed by atoms with van der Waals surface area (Å²) in [5, 5.41) is 13.0. The molecule has 3 aromatic heterocycles. The summed E-state index contributed by atoms with van der Waals surface area (Å²) in [6, 6.07) is 8.21. The molecule has 1 aliphatic heterocycles. The van der Waals surface area contributed by atoms with Gasteiger partial charge in [-0.25, -0.2) is 19.2 Å². The first-order valence-electron chi connectivity index (χ1n) is 12.3. The summed E-state index contributed by atoms with van der Waals surface area (Å²) in [7, 11) is 0. The van der Waals surface area contributed by atoms with Gasteiger partial charge in [-0.1, -0.05) is 12.1 Å². The Morgan fingerprint density at radius 3 is 2.77 bits per heavy atom. The van der Waals surface area contributed by atoms with E-state index in [-0.39, 0.29) is 42.1 Å². The predicted octanol–water partition coefficient (Wildman–Crippen LogP) is 3.59. The van der Waals surface area contributed by atoms with E-state index in [0.717, 1.165) is 6.20 Å². The average molecular weight is 535 g/mol. The van der Waals surface area contributed by atoms with Crippen LogP contribution >= 0.6 is 0 Å². The molecule has 13 heteroatoms. The fourth-order valence-electron chi connectivity index (χ4n) is 4.11. The van der Waals surface area contributed by atoms with Crippen LogP contribution in [-0.4, -0.2) is 50.3 Å². The SMILES string of the molecule is CC(C)OC(=O)Nc1ccc(-c2c3nc4c(cnn4c2N)C(=O)NC[C@H](C)Oc2ncc(F)cc2CN3)cc1. The lowest BCUT2D eigenvalue weighted by Gasteiger charge is -2.18.